The van der Waals surface area contributed by atoms with Crippen molar-refractivity contribution in [2.24, 2.45) is 5.73 Å². The molecule has 2 N–H and O–H groups in total. The van der Waals surface area contributed by atoms with Gasteiger partial charge in [-0.3, -0.25) is 0 Å². The van der Waals surface area contributed by atoms with Gasteiger partial charge in [0.2, 0.25) is 0 Å². The second-order valence-electron chi connectivity index (χ2n) is 4.98. The Morgan fingerprint density at radius 2 is 2.00 bits per heavy atom. The van der Waals surface area contributed by atoms with Gasteiger partial charge >= 0.3 is 6.18 Å². The van der Waals surface area contributed by atoms with Crippen LogP contribution in [0.25, 0.3) is 0 Å². The molecule has 19 heavy (non-hydrogen) atoms. The van der Waals surface area contributed by atoms with Gasteiger partial charge in [-0.15, -0.1) is 0 Å². The monoisotopic (exact) mass is 273 g/mol. The molecular weight excluding hydrogens is 255 g/mol. The summed E-state index contributed by atoms with van der Waals surface area (Å²) in [4.78, 5) is 0. The van der Waals surface area contributed by atoms with Crippen molar-refractivity contribution in [3.8, 4) is 0 Å². The smallest absolute Gasteiger partial charge is 0.364 e. The van der Waals surface area contributed by atoms with E-state index in [-0.39, 0.29) is 0 Å². The largest absolute Gasteiger partial charge is 0.414 e. The van der Waals surface area contributed by atoms with Crippen LogP contribution < -0.4 is 5.73 Å². The van der Waals surface area contributed by atoms with E-state index < -0.39 is 24.4 Å². The second-order valence-corrected chi connectivity index (χ2v) is 4.98. The van der Waals surface area contributed by atoms with Gasteiger partial charge in [-0.05, 0) is 37.3 Å². The summed E-state index contributed by atoms with van der Waals surface area (Å²) in [6.45, 7) is 1.03. The van der Waals surface area contributed by atoms with E-state index in [2.05, 4.69) is 0 Å². The molecule has 2 rings (SSSR count). The quantitative estimate of drug-likeness (QED) is 0.839. The molecule has 3 atom stereocenters. The highest BCUT2D eigenvalue weighted by Gasteiger charge is 2.40. The molecule has 0 radical (unpaired) electrons. The van der Waals surface area contributed by atoms with E-state index in [1.165, 1.54) is 0 Å². The van der Waals surface area contributed by atoms with Crippen LogP contribution >= 0.6 is 0 Å². The number of benzene rings is 1. The number of hydrogen-bond donors (Lipinski definition) is 1. The number of alkyl halides is 3. The summed E-state index contributed by atoms with van der Waals surface area (Å²) in [7, 11) is 0. The van der Waals surface area contributed by atoms with Gasteiger partial charge in [-0.2, -0.15) is 13.2 Å². The number of hydrogen-bond acceptors (Lipinski definition) is 2. The molecule has 1 aliphatic rings. The number of ether oxygens (including phenoxy) is 1. The maximum Gasteiger partial charge on any atom is 0.414 e. The predicted octanol–water partition coefficient (Wildman–Crippen LogP) is 3.36. The Bertz CT molecular complexity index is 433. The van der Waals surface area contributed by atoms with Gasteiger partial charge < -0.3 is 10.5 Å². The molecule has 0 saturated heterocycles. The average Bonchev–Trinajstić information content (AvgIpc) is 2.50. The van der Waals surface area contributed by atoms with Gasteiger partial charge in [-0.25, -0.2) is 0 Å². The Balaban J connectivity index is 2.15. The van der Waals surface area contributed by atoms with Crippen LogP contribution in [0.4, 0.5) is 13.2 Å². The van der Waals surface area contributed by atoms with E-state index in [0.29, 0.717) is 6.42 Å². The first-order chi connectivity index (χ1) is 8.89. The third-order valence-electron chi connectivity index (χ3n) is 3.59. The first kappa shape index (κ1) is 14.3. The van der Waals surface area contributed by atoms with Crippen molar-refractivity contribution in [3.05, 3.63) is 35.4 Å². The van der Waals surface area contributed by atoms with Crippen molar-refractivity contribution in [3.63, 3.8) is 0 Å². The van der Waals surface area contributed by atoms with Gasteiger partial charge in [-0.1, -0.05) is 24.3 Å². The van der Waals surface area contributed by atoms with E-state index >= 15 is 0 Å². The summed E-state index contributed by atoms with van der Waals surface area (Å²) in [5, 5.41) is 0. The average molecular weight is 273 g/mol. The fourth-order valence-corrected chi connectivity index (χ4v) is 2.45. The van der Waals surface area contributed by atoms with Crippen LogP contribution in [0.2, 0.25) is 0 Å². The summed E-state index contributed by atoms with van der Waals surface area (Å²) >= 11 is 0. The molecule has 0 heterocycles. The van der Waals surface area contributed by atoms with Gasteiger partial charge in [0.1, 0.15) is 0 Å². The molecule has 0 aliphatic heterocycles. The summed E-state index contributed by atoms with van der Waals surface area (Å²) in [5.41, 5.74) is 8.10. The van der Waals surface area contributed by atoms with Crippen LogP contribution in [-0.4, -0.2) is 18.4 Å². The first-order valence-corrected chi connectivity index (χ1v) is 6.45. The molecule has 5 heteroatoms. The van der Waals surface area contributed by atoms with Crippen LogP contribution in [0.5, 0.6) is 0 Å². The Labute approximate surface area is 110 Å². The maximum absolute atomic E-state index is 12.6. The minimum absolute atomic E-state index is 0.497. The standard InChI is InChI=1S/C14H18F3NO/c1-9(14(15,16)17)19-12-8-4-6-10-5-2-3-7-11(10)13(12)18/h2-3,5,7,9,12-13H,4,6,8,18H2,1H3. The molecule has 0 bridgehead atoms. The molecule has 0 amide bonds. The Hall–Kier alpha value is -1.07. The van der Waals surface area contributed by atoms with Crippen molar-refractivity contribution in [2.75, 3.05) is 0 Å². The molecule has 0 saturated carbocycles. The Morgan fingerprint density at radius 3 is 2.68 bits per heavy atom. The van der Waals surface area contributed by atoms with Crippen LogP contribution in [-0.2, 0) is 11.2 Å². The van der Waals surface area contributed by atoms with E-state index in [0.717, 1.165) is 30.9 Å². The maximum atomic E-state index is 12.6. The molecule has 1 aromatic carbocycles. The van der Waals surface area contributed by atoms with E-state index in [1.807, 2.05) is 24.3 Å². The van der Waals surface area contributed by atoms with Crippen molar-refractivity contribution in [1.82, 2.24) is 0 Å². The van der Waals surface area contributed by atoms with Gasteiger partial charge in [0.05, 0.1) is 12.1 Å². The highest BCUT2D eigenvalue weighted by molar-refractivity contribution is 5.31. The minimum atomic E-state index is -4.34. The fraction of sp³-hybridized carbons (Fsp3) is 0.571. The second kappa shape index (κ2) is 5.51. The SMILES string of the molecule is CC(OC1CCCc2ccccc2C1N)C(F)(F)F. The Morgan fingerprint density at radius 1 is 1.32 bits per heavy atom. The lowest BCUT2D eigenvalue weighted by Crippen LogP contribution is -2.37. The highest BCUT2D eigenvalue weighted by atomic mass is 19.4. The number of nitrogens with two attached hydrogens (primary N) is 1. The van der Waals surface area contributed by atoms with E-state index in [9.17, 15) is 13.2 Å². The van der Waals surface area contributed by atoms with Gasteiger partial charge in [0.25, 0.3) is 0 Å². The van der Waals surface area contributed by atoms with Crippen molar-refractivity contribution in [2.45, 2.75) is 50.6 Å². The van der Waals surface area contributed by atoms with E-state index in [4.69, 9.17) is 10.5 Å². The lowest BCUT2D eigenvalue weighted by atomic mass is 9.98. The van der Waals surface area contributed by atoms with Gasteiger partial charge in [0, 0.05) is 0 Å². The topological polar surface area (TPSA) is 35.2 Å². The normalized spacial score (nSPS) is 25.5. The molecular formula is C14H18F3NO. The van der Waals surface area contributed by atoms with Crippen molar-refractivity contribution < 1.29 is 17.9 Å². The summed E-state index contributed by atoms with van der Waals surface area (Å²) in [5.74, 6) is 0. The van der Waals surface area contributed by atoms with Crippen LogP contribution in [0, 0.1) is 0 Å². The van der Waals surface area contributed by atoms with Gasteiger partial charge in [0.15, 0.2) is 6.10 Å². The summed E-state index contributed by atoms with van der Waals surface area (Å²) in [6, 6.07) is 7.13. The first-order valence-electron chi connectivity index (χ1n) is 6.45. The zero-order valence-corrected chi connectivity index (χ0v) is 10.8. The fourth-order valence-electron chi connectivity index (χ4n) is 2.45. The number of rotatable bonds is 2. The summed E-state index contributed by atoms with van der Waals surface area (Å²) < 4.78 is 42.8. The van der Waals surface area contributed by atoms with Crippen molar-refractivity contribution in [1.29, 1.82) is 0 Å². The van der Waals surface area contributed by atoms with Crippen LogP contribution in [0.3, 0.4) is 0 Å². The molecule has 0 fully saturated rings. The van der Waals surface area contributed by atoms with Crippen LogP contribution in [0.15, 0.2) is 24.3 Å². The molecule has 1 aliphatic carbocycles. The number of fused-ring (bicyclic) bond motifs is 1. The third kappa shape index (κ3) is 3.28. The molecule has 0 aromatic heterocycles. The molecule has 106 valence electrons. The third-order valence-corrected chi connectivity index (χ3v) is 3.59. The lowest BCUT2D eigenvalue weighted by molar-refractivity contribution is -0.229. The molecule has 1 aromatic rings. The molecule has 3 unspecified atom stereocenters. The van der Waals surface area contributed by atoms with Crippen molar-refractivity contribution >= 4 is 0 Å². The molecule has 2 nitrogen and oxygen atoms in total. The van der Waals surface area contributed by atoms with E-state index in [1.54, 1.807) is 0 Å². The van der Waals surface area contributed by atoms with Crippen LogP contribution in [0.1, 0.15) is 36.9 Å². The predicted molar refractivity (Wildman–Crippen MR) is 66.7 cm³/mol. The Kier molecular flexibility index (Phi) is 4.16. The highest BCUT2D eigenvalue weighted by Crippen LogP contribution is 2.32. The zero-order valence-electron chi connectivity index (χ0n) is 10.8. The number of aryl methyl sites for hydroxylation is 1. The molecule has 0 spiro atoms. The number of halogens is 3. The summed E-state index contributed by atoms with van der Waals surface area (Å²) in [6.07, 6.45) is -4.53. The zero-order chi connectivity index (χ0) is 14.0. The minimum Gasteiger partial charge on any atom is -0.364 e. The lowest BCUT2D eigenvalue weighted by Gasteiger charge is -2.27.